The SMILES string of the molecule is CCCC(CCC)C(=O)O.NC1CONC1=O. The second-order valence-corrected chi connectivity index (χ2v) is 4.00. The molecule has 6 nitrogen and oxygen atoms in total. The Morgan fingerprint density at radius 3 is 2.24 bits per heavy atom. The van der Waals surface area contributed by atoms with Gasteiger partial charge in [0, 0.05) is 0 Å². The molecule has 0 spiro atoms. The zero-order valence-corrected chi connectivity index (χ0v) is 10.4. The van der Waals surface area contributed by atoms with Gasteiger partial charge in [-0.1, -0.05) is 26.7 Å². The molecule has 4 N–H and O–H groups in total. The van der Waals surface area contributed by atoms with Crippen LogP contribution in [0.3, 0.4) is 0 Å². The van der Waals surface area contributed by atoms with Gasteiger partial charge >= 0.3 is 5.97 Å². The molecular weight excluding hydrogens is 224 g/mol. The average Bonchev–Trinajstić information content (AvgIpc) is 2.64. The number of carboxylic acids is 1. The minimum atomic E-state index is -0.635. The van der Waals surface area contributed by atoms with Gasteiger partial charge in [0.05, 0.1) is 12.5 Å². The van der Waals surface area contributed by atoms with Crippen LogP contribution in [0.4, 0.5) is 0 Å². The number of hydroxylamine groups is 1. The van der Waals surface area contributed by atoms with Crippen molar-refractivity contribution < 1.29 is 19.5 Å². The molecule has 1 atom stereocenters. The summed E-state index contributed by atoms with van der Waals surface area (Å²) < 4.78 is 0. The molecule has 0 saturated carbocycles. The van der Waals surface area contributed by atoms with E-state index in [4.69, 9.17) is 10.8 Å². The van der Waals surface area contributed by atoms with Gasteiger partial charge in [-0.05, 0) is 12.8 Å². The van der Waals surface area contributed by atoms with Crippen LogP contribution in [0.25, 0.3) is 0 Å². The molecule has 0 aromatic rings. The highest BCUT2D eigenvalue weighted by Crippen LogP contribution is 2.12. The Hall–Kier alpha value is -1.14. The zero-order chi connectivity index (χ0) is 13.3. The fourth-order valence-electron chi connectivity index (χ4n) is 1.44. The summed E-state index contributed by atoms with van der Waals surface area (Å²) in [6.07, 6.45) is 3.58. The number of aliphatic carboxylic acids is 1. The van der Waals surface area contributed by atoms with E-state index >= 15 is 0 Å². The Labute approximate surface area is 101 Å². The monoisotopic (exact) mass is 246 g/mol. The Morgan fingerprint density at radius 2 is 2.06 bits per heavy atom. The van der Waals surface area contributed by atoms with Gasteiger partial charge in [0.25, 0.3) is 5.91 Å². The maximum atomic E-state index is 10.5. The summed E-state index contributed by atoms with van der Waals surface area (Å²) >= 11 is 0. The first-order valence-corrected chi connectivity index (χ1v) is 5.92. The largest absolute Gasteiger partial charge is 0.481 e. The third kappa shape index (κ3) is 6.91. The highest BCUT2D eigenvalue weighted by molar-refractivity contribution is 5.81. The van der Waals surface area contributed by atoms with Crippen LogP contribution in [0.1, 0.15) is 39.5 Å². The minimum Gasteiger partial charge on any atom is -0.481 e. The van der Waals surface area contributed by atoms with E-state index in [9.17, 15) is 9.59 Å². The normalized spacial score (nSPS) is 18.6. The van der Waals surface area contributed by atoms with E-state index in [1.165, 1.54) is 0 Å². The second kappa shape index (κ2) is 8.95. The molecule has 1 heterocycles. The number of amides is 1. The van der Waals surface area contributed by atoms with Gasteiger partial charge in [0.2, 0.25) is 0 Å². The van der Waals surface area contributed by atoms with Crippen molar-refractivity contribution in [3.8, 4) is 0 Å². The Morgan fingerprint density at radius 1 is 1.53 bits per heavy atom. The second-order valence-electron chi connectivity index (χ2n) is 4.00. The first-order valence-electron chi connectivity index (χ1n) is 5.92. The van der Waals surface area contributed by atoms with Crippen molar-refractivity contribution in [1.82, 2.24) is 5.48 Å². The number of carbonyl (C=O) groups is 2. The molecule has 100 valence electrons. The molecule has 0 aromatic heterocycles. The van der Waals surface area contributed by atoms with E-state index in [0.29, 0.717) is 6.61 Å². The van der Waals surface area contributed by atoms with E-state index in [1.54, 1.807) is 0 Å². The zero-order valence-electron chi connectivity index (χ0n) is 10.4. The number of hydrogen-bond donors (Lipinski definition) is 3. The van der Waals surface area contributed by atoms with Crippen molar-refractivity contribution in [2.45, 2.75) is 45.6 Å². The van der Waals surface area contributed by atoms with E-state index in [0.717, 1.165) is 25.7 Å². The Balaban J connectivity index is 0.000000318. The molecule has 1 rings (SSSR count). The fraction of sp³-hybridized carbons (Fsp3) is 0.818. The van der Waals surface area contributed by atoms with Crippen LogP contribution in [0.5, 0.6) is 0 Å². The lowest BCUT2D eigenvalue weighted by Gasteiger charge is -2.07. The predicted octanol–water partition coefficient (Wildman–Crippen LogP) is 0.663. The topological polar surface area (TPSA) is 102 Å². The predicted molar refractivity (Wildman–Crippen MR) is 63.0 cm³/mol. The lowest BCUT2D eigenvalue weighted by atomic mass is 9.99. The van der Waals surface area contributed by atoms with Crippen LogP contribution in [0.15, 0.2) is 0 Å². The summed E-state index contributed by atoms with van der Waals surface area (Å²) in [5.74, 6) is -0.973. The van der Waals surface area contributed by atoms with Crippen LogP contribution < -0.4 is 11.2 Å². The van der Waals surface area contributed by atoms with Gasteiger partial charge in [-0.2, -0.15) is 0 Å². The molecule has 6 heteroatoms. The summed E-state index contributed by atoms with van der Waals surface area (Å²) in [6, 6.07) is -0.458. The molecular formula is C11H22N2O4. The fourth-order valence-corrected chi connectivity index (χ4v) is 1.44. The third-order valence-electron chi connectivity index (χ3n) is 2.40. The van der Waals surface area contributed by atoms with Crippen LogP contribution in [0.2, 0.25) is 0 Å². The lowest BCUT2D eigenvalue weighted by molar-refractivity contribution is -0.142. The first kappa shape index (κ1) is 15.9. The molecule has 1 amide bonds. The maximum absolute atomic E-state index is 10.5. The number of carbonyl (C=O) groups excluding carboxylic acids is 1. The number of hydrogen-bond acceptors (Lipinski definition) is 4. The smallest absolute Gasteiger partial charge is 0.306 e. The van der Waals surface area contributed by atoms with Crippen molar-refractivity contribution in [3.63, 3.8) is 0 Å². The number of nitrogens with one attached hydrogen (secondary N) is 1. The van der Waals surface area contributed by atoms with Crippen LogP contribution in [-0.2, 0) is 14.4 Å². The molecule has 1 saturated heterocycles. The Bertz CT molecular complexity index is 240. The molecule has 17 heavy (non-hydrogen) atoms. The van der Waals surface area contributed by atoms with Crippen molar-refractivity contribution in [2.24, 2.45) is 11.7 Å². The highest BCUT2D eigenvalue weighted by Gasteiger charge is 2.19. The van der Waals surface area contributed by atoms with Gasteiger partial charge in [-0.15, -0.1) is 0 Å². The van der Waals surface area contributed by atoms with E-state index < -0.39 is 12.0 Å². The molecule has 1 aliphatic heterocycles. The van der Waals surface area contributed by atoms with E-state index in [1.807, 2.05) is 13.8 Å². The van der Waals surface area contributed by atoms with Crippen molar-refractivity contribution in [1.29, 1.82) is 0 Å². The molecule has 1 fully saturated rings. The number of rotatable bonds is 5. The number of carboxylic acid groups (broad SMARTS) is 1. The van der Waals surface area contributed by atoms with Crippen LogP contribution in [0, 0.1) is 5.92 Å². The minimum absolute atomic E-state index is 0.102. The first-order chi connectivity index (χ1) is 8.02. The molecule has 1 aliphatic rings. The third-order valence-corrected chi connectivity index (χ3v) is 2.40. The molecule has 1 unspecified atom stereocenters. The van der Waals surface area contributed by atoms with Crippen LogP contribution in [-0.4, -0.2) is 29.6 Å². The van der Waals surface area contributed by atoms with Gasteiger partial charge in [0.1, 0.15) is 6.04 Å². The van der Waals surface area contributed by atoms with Gasteiger partial charge in [-0.3, -0.25) is 14.4 Å². The lowest BCUT2D eigenvalue weighted by Crippen LogP contribution is -2.31. The van der Waals surface area contributed by atoms with Crippen molar-refractivity contribution in [3.05, 3.63) is 0 Å². The quantitative estimate of drug-likeness (QED) is 0.661. The molecule has 0 radical (unpaired) electrons. The van der Waals surface area contributed by atoms with E-state index in [-0.39, 0.29) is 11.8 Å². The maximum Gasteiger partial charge on any atom is 0.306 e. The standard InChI is InChI=1S/C8H16O2.C3H6N2O2/c1-3-5-7(6-4-2)8(9)10;4-2-1-7-5-3(2)6/h7H,3-6H2,1-2H3,(H,9,10);2H,1,4H2,(H,5,6). The average molecular weight is 246 g/mol. The van der Waals surface area contributed by atoms with Gasteiger partial charge < -0.3 is 10.8 Å². The van der Waals surface area contributed by atoms with E-state index in [2.05, 4.69) is 10.3 Å². The highest BCUT2D eigenvalue weighted by atomic mass is 16.7. The van der Waals surface area contributed by atoms with Gasteiger partial charge in [0.15, 0.2) is 0 Å². The summed E-state index contributed by atoms with van der Waals surface area (Å²) in [4.78, 5) is 25.1. The Kier molecular flexibility index (Phi) is 8.35. The summed E-state index contributed by atoms with van der Waals surface area (Å²) in [5, 5.41) is 8.64. The number of nitrogens with two attached hydrogens (primary N) is 1. The molecule has 0 aromatic carbocycles. The summed E-state index contributed by atoms with van der Waals surface area (Å²) in [7, 11) is 0. The summed E-state index contributed by atoms with van der Waals surface area (Å²) in [5.41, 5.74) is 7.25. The molecule has 0 bridgehead atoms. The van der Waals surface area contributed by atoms with Gasteiger partial charge in [-0.25, -0.2) is 5.48 Å². The summed E-state index contributed by atoms with van der Waals surface area (Å²) in [6.45, 7) is 4.33. The van der Waals surface area contributed by atoms with Crippen molar-refractivity contribution in [2.75, 3.05) is 6.61 Å². The van der Waals surface area contributed by atoms with Crippen LogP contribution >= 0.6 is 0 Å². The molecule has 0 aliphatic carbocycles. The van der Waals surface area contributed by atoms with Crippen molar-refractivity contribution >= 4 is 11.9 Å².